The summed E-state index contributed by atoms with van der Waals surface area (Å²) in [6.45, 7) is 0. The average Bonchev–Trinajstić information content (AvgIpc) is 2.06. The molecule has 2 rings (SSSR count). The topological polar surface area (TPSA) is 33.1 Å². The summed E-state index contributed by atoms with van der Waals surface area (Å²) in [5.74, 6) is 0.276. The second kappa shape index (κ2) is 3.00. The molecule has 0 bridgehead atoms. The zero-order valence-electron chi connectivity index (χ0n) is 6.68. The van der Waals surface area contributed by atoms with E-state index in [2.05, 4.69) is 0 Å². The SMILES string of the molecule is N=C1CC(Cl)c2cc(F)ccc2O1. The standard InChI is InChI=1S/C9H7ClFNO/c10-7-4-9(12)13-8-2-1-5(11)3-6(7)8/h1-3,7,12H,4H2. The van der Waals surface area contributed by atoms with Gasteiger partial charge >= 0.3 is 0 Å². The summed E-state index contributed by atoms with van der Waals surface area (Å²) < 4.78 is 17.9. The minimum Gasteiger partial charge on any atom is -0.443 e. The van der Waals surface area contributed by atoms with Crippen molar-refractivity contribution in [2.75, 3.05) is 0 Å². The molecule has 0 fully saturated rings. The quantitative estimate of drug-likeness (QED) is 0.641. The van der Waals surface area contributed by atoms with Crippen LogP contribution in [0.5, 0.6) is 5.75 Å². The first-order valence-electron chi connectivity index (χ1n) is 3.85. The Morgan fingerprint density at radius 1 is 1.54 bits per heavy atom. The van der Waals surface area contributed by atoms with E-state index in [1.165, 1.54) is 18.2 Å². The van der Waals surface area contributed by atoms with Crippen molar-refractivity contribution < 1.29 is 9.13 Å². The van der Waals surface area contributed by atoms with Crippen LogP contribution < -0.4 is 4.74 Å². The molecule has 1 aromatic carbocycles. The van der Waals surface area contributed by atoms with E-state index in [0.29, 0.717) is 17.7 Å². The van der Waals surface area contributed by atoms with Gasteiger partial charge in [-0.15, -0.1) is 11.6 Å². The first-order valence-corrected chi connectivity index (χ1v) is 4.29. The highest BCUT2D eigenvalue weighted by atomic mass is 35.5. The Morgan fingerprint density at radius 2 is 2.31 bits per heavy atom. The second-order valence-electron chi connectivity index (χ2n) is 2.88. The minimum atomic E-state index is -0.355. The molecule has 13 heavy (non-hydrogen) atoms. The van der Waals surface area contributed by atoms with E-state index in [4.69, 9.17) is 21.7 Å². The normalized spacial score (nSPS) is 20.8. The molecule has 0 aliphatic carbocycles. The highest BCUT2D eigenvalue weighted by Crippen LogP contribution is 2.36. The first kappa shape index (κ1) is 8.51. The molecule has 1 aromatic rings. The molecule has 0 saturated heterocycles. The Bertz CT molecular complexity index is 367. The Hall–Kier alpha value is -1.09. The van der Waals surface area contributed by atoms with Crippen molar-refractivity contribution in [3.05, 3.63) is 29.6 Å². The maximum absolute atomic E-state index is 12.8. The van der Waals surface area contributed by atoms with Gasteiger partial charge in [-0.3, -0.25) is 5.41 Å². The summed E-state index contributed by atoms with van der Waals surface area (Å²) in [5.41, 5.74) is 0.623. The van der Waals surface area contributed by atoms with E-state index < -0.39 is 0 Å². The van der Waals surface area contributed by atoms with Crippen LogP contribution in [0.1, 0.15) is 17.4 Å². The Morgan fingerprint density at radius 3 is 3.08 bits per heavy atom. The third-order valence-electron chi connectivity index (χ3n) is 1.91. The molecule has 0 spiro atoms. The number of nitrogens with one attached hydrogen (secondary N) is 1. The number of ether oxygens (including phenoxy) is 1. The van der Waals surface area contributed by atoms with Crippen LogP contribution in [0.15, 0.2) is 18.2 Å². The number of benzene rings is 1. The lowest BCUT2D eigenvalue weighted by Gasteiger charge is -2.21. The van der Waals surface area contributed by atoms with Gasteiger partial charge in [-0.1, -0.05) is 0 Å². The van der Waals surface area contributed by atoms with Crippen LogP contribution in [0.2, 0.25) is 0 Å². The summed E-state index contributed by atoms with van der Waals surface area (Å²) in [6, 6.07) is 4.13. The van der Waals surface area contributed by atoms with Crippen LogP contribution in [-0.2, 0) is 0 Å². The number of halogens is 2. The third kappa shape index (κ3) is 1.52. The summed E-state index contributed by atoms with van der Waals surface area (Å²) >= 11 is 5.93. The lowest BCUT2D eigenvalue weighted by Crippen LogP contribution is -2.16. The zero-order valence-corrected chi connectivity index (χ0v) is 7.44. The summed E-state index contributed by atoms with van der Waals surface area (Å²) in [7, 11) is 0. The van der Waals surface area contributed by atoms with E-state index in [-0.39, 0.29) is 17.1 Å². The fraction of sp³-hybridized carbons (Fsp3) is 0.222. The molecule has 0 saturated carbocycles. The third-order valence-corrected chi connectivity index (χ3v) is 2.30. The molecular formula is C9H7ClFNO. The first-order chi connectivity index (χ1) is 6.16. The van der Waals surface area contributed by atoms with Crippen LogP contribution in [0, 0.1) is 11.2 Å². The van der Waals surface area contributed by atoms with Crippen molar-refractivity contribution in [1.82, 2.24) is 0 Å². The summed E-state index contributed by atoms with van der Waals surface area (Å²) in [4.78, 5) is 0. The maximum Gasteiger partial charge on any atom is 0.189 e. The number of rotatable bonds is 0. The van der Waals surface area contributed by atoms with Gasteiger partial charge < -0.3 is 4.74 Å². The van der Waals surface area contributed by atoms with Crippen LogP contribution in [0.25, 0.3) is 0 Å². The van der Waals surface area contributed by atoms with Crippen molar-refractivity contribution in [1.29, 1.82) is 5.41 Å². The lowest BCUT2D eigenvalue weighted by molar-refractivity contribution is 0.490. The fourth-order valence-corrected chi connectivity index (χ4v) is 1.61. The van der Waals surface area contributed by atoms with Crippen LogP contribution >= 0.6 is 11.6 Å². The molecule has 1 heterocycles. The van der Waals surface area contributed by atoms with E-state index in [1.807, 2.05) is 0 Å². The van der Waals surface area contributed by atoms with Gasteiger partial charge in [0.15, 0.2) is 5.90 Å². The Balaban J connectivity index is 2.49. The van der Waals surface area contributed by atoms with Gasteiger partial charge in [0.1, 0.15) is 11.6 Å². The predicted octanol–water partition coefficient (Wildman–Crippen LogP) is 2.87. The molecular weight excluding hydrogens is 193 g/mol. The van der Waals surface area contributed by atoms with Gasteiger partial charge in [-0.05, 0) is 18.2 Å². The van der Waals surface area contributed by atoms with Gasteiger partial charge in [-0.25, -0.2) is 4.39 Å². The predicted molar refractivity (Wildman–Crippen MR) is 48.0 cm³/mol. The highest BCUT2D eigenvalue weighted by Gasteiger charge is 2.23. The van der Waals surface area contributed by atoms with E-state index >= 15 is 0 Å². The highest BCUT2D eigenvalue weighted by molar-refractivity contribution is 6.22. The molecule has 1 atom stereocenters. The van der Waals surface area contributed by atoms with Crippen molar-refractivity contribution in [2.45, 2.75) is 11.8 Å². The van der Waals surface area contributed by atoms with Gasteiger partial charge in [0.25, 0.3) is 0 Å². The van der Waals surface area contributed by atoms with Gasteiger partial charge in [0, 0.05) is 12.0 Å². The number of hydrogen-bond acceptors (Lipinski definition) is 2. The van der Waals surface area contributed by atoms with Crippen molar-refractivity contribution >= 4 is 17.5 Å². The van der Waals surface area contributed by atoms with E-state index in [0.717, 1.165) is 0 Å². The molecule has 1 unspecified atom stereocenters. The smallest absolute Gasteiger partial charge is 0.189 e. The van der Waals surface area contributed by atoms with Crippen molar-refractivity contribution in [3.63, 3.8) is 0 Å². The molecule has 2 nitrogen and oxygen atoms in total. The molecule has 1 aliphatic heterocycles. The number of fused-ring (bicyclic) bond motifs is 1. The average molecular weight is 200 g/mol. The molecule has 0 amide bonds. The second-order valence-corrected chi connectivity index (χ2v) is 3.41. The van der Waals surface area contributed by atoms with Crippen LogP contribution in [0.3, 0.4) is 0 Å². The van der Waals surface area contributed by atoms with E-state index in [9.17, 15) is 4.39 Å². The zero-order chi connectivity index (χ0) is 9.42. The van der Waals surface area contributed by atoms with Crippen LogP contribution in [0.4, 0.5) is 4.39 Å². The monoisotopic (exact) mass is 199 g/mol. The molecule has 0 aromatic heterocycles. The minimum absolute atomic E-state index is 0.124. The fourth-order valence-electron chi connectivity index (χ4n) is 1.30. The summed E-state index contributed by atoms with van der Waals surface area (Å²) in [5, 5.41) is 6.95. The Kier molecular flexibility index (Phi) is 1.96. The molecule has 0 radical (unpaired) electrons. The van der Waals surface area contributed by atoms with Crippen molar-refractivity contribution in [2.24, 2.45) is 0 Å². The molecule has 68 valence electrons. The summed E-state index contributed by atoms with van der Waals surface area (Å²) in [6.07, 6.45) is 0.317. The van der Waals surface area contributed by atoms with Crippen molar-refractivity contribution in [3.8, 4) is 5.75 Å². The number of alkyl halides is 1. The molecule has 1 aliphatic rings. The van der Waals surface area contributed by atoms with Gasteiger partial charge in [-0.2, -0.15) is 0 Å². The Labute approximate surface area is 79.8 Å². The number of hydrogen-bond donors (Lipinski definition) is 1. The lowest BCUT2D eigenvalue weighted by atomic mass is 10.1. The van der Waals surface area contributed by atoms with E-state index in [1.54, 1.807) is 0 Å². The van der Waals surface area contributed by atoms with Gasteiger partial charge in [0.2, 0.25) is 0 Å². The molecule has 4 heteroatoms. The maximum atomic E-state index is 12.8. The van der Waals surface area contributed by atoms with Gasteiger partial charge in [0.05, 0.1) is 5.38 Å². The molecule has 1 N–H and O–H groups in total. The van der Waals surface area contributed by atoms with Crippen LogP contribution in [-0.4, -0.2) is 5.90 Å². The largest absolute Gasteiger partial charge is 0.443 e.